The first-order chi connectivity index (χ1) is 9.06. The highest BCUT2D eigenvalue weighted by atomic mass is 16.6. The zero-order valence-corrected chi connectivity index (χ0v) is 10.2. The van der Waals surface area contributed by atoms with Crippen LogP contribution in [0.15, 0.2) is 40.8 Å². The van der Waals surface area contributed by atoms with Crippen molar-refractivity contribution in [2.24, 2.45) is 0 Å². The average Bonchev–Trinajstić information content (AvgIpc) is 2.85. The first-order valence-electron chi connectivity index (χ1n) is 5.53. The third-order valence-electron chi connectivity index (χ3n) is 2.36. The van der Waals surface area contributed by atoms with E-state index in [-0.39, 0.29) is 24.0 Å². The number of hydrogen-bond acceptors (Lipinski definition) is 5. The fraction of sp³-hybridized carbons (Fsp3) is 0.154. The van der Waals surface area contributed by atoms with Crippen LogP contribution in [-0.4, -0.2) is 17.3 Å². The Hall–Kier alpha value is -2.63. The summed E-state index contributed by atoms with van der Waals surface area (Å²) < 4.78 is 10.5. The molecule has 1 aromatic heterocycles. The van der Waals surface area contributed by atoms with Crippen molar-refractivity contribution in [2.75, 3.05) is 6.61 Å². The van der Waals surface area contributed by atoms with Gasteiger partial charge in [-0.1, -0.05) is 0 Å². The lowest BCUT2D eigenvalue weighted by atomic mass is 10.1. The number of Topliss-reactive ketones (excluding diaryl/α,β-unsaturated/α-hetero) is 1. The summed E-state index contributed by atoms with van der Waals surface area (Å²) in [6.07, 6.45) is 0. The van der Waals surface area contributed by atoms with Gasteiger partial charge in [-0.05, 0) is 25.1 Å². The van der Waals surface area contributed by atoms with Gasteiger partial charge in [0.1, 0.15) is 12.4 Å². The number of hydrogen-bond donors (Lipinski definition) is 0. The molecule has 2 rings (SSSR count). The minimum Gasteiger partial charge on any atom is -0.457 e. The van der Waals surface area contributed by atoms with Crippen molar-refractivity contribution < 1.29 is 18.9 Å². The van der Waals surface area contributed by atoms with E-state index in [4.69, 9.17) is 9.15 Å². The van der Waals surface area contributed by atoms with Crippen molar-refractivity contribution in [3.8, 4) is 17.3 Å². The molecule has 0 aliphatic carbocycles. The van der Waals surface area contributed by atoms with E-state index in [1.165, 1.54) is 19.1 Å². The van der Waals surface area contributed by atoms with E-state index in [0.717, 1.165) is 0 Å². The molecule has 0 saturated carbocycles. The van der Waals surface area contributed by atoms with Gasteiger partial charge in [0, 0.05) is 23.8 Å². The van der Waals surface area contributed by atoms with E-state index < -0.39 is 4.92 Å². The molecule has 0 amide bonds. The summed E-state index contributed by atoms with van der Waals surface area (Å²) in [7, 11) is 0. The van der Waals surface area contributed by atoms with E-state index in [9.17, 15) is 14.9 Å². The van der Waals surface area contributed by atoms with Gasteiger partial charge in [0.2, 0.25) is 0 Å². The van der Waals surface area contributed by atoms with Crippen molar-refractivity contribution in [3.05, 3.63) is 46.5 Å². The van der Waals surface area contributed by atoms with Crippen LogP contribution in [0.2, 0.25) is 0 Å². The Labute approximate surface area is 108 Å². The molecule has 0 N–H and O–H groups in total. The molecule has 0 atom stereocenters. The van der Waals surface area contributed by atoms with E-state index >= 15 is 0 Å². The zero-order chi connectivity index (χ0) is 13.8. The molecule has 19 heavy (non-hydrogen) atoms. The number of nitrogens with zero attached hydrogens (tertiary/aromatic N) is 1. The highest BCUT2D eigenvalue weighted by molar-refractivity contribution is 5.77. The fourth-order valence-electron chi connectivity index (χ4n) is 1.47. The molecular formula is C13H11NO5. The first kappa shape index (κ1) is 12.8. The minimum atomic E-state index is -0.465. The molecule has 6 heteroatoms. The molecule has 2 aromatic rings. The van der Waals surface area contributed by atoms with E-state index in [2.05, 4.69) is 0 Å². The van der Waals surface area contributed by atoms with Gasteiger partial charge in [-0.2, -0.15) is 0 Å². The summed E-state index contributed by atoms with van der Waals surface area (Å²) in [6.45, 7) is 1.37. The van der Waals surface area contributed by atoms with Gasteiger partial charge >= 0.3 is 0 Å². The molecule has 6 nitrogen and oxygen atoms in total. The molecule has 0 aliphatic rings. The zero-order valence-electron chi connectivity index (χ0n) is 10.2. The van der Waals surface area contributed by atoms with Crippen molar-refractivity contribution in [1.82, 2.24) is 0 Å². The van der Waals surface area contributed by atoms with Crippen LogP contribution in [0, 0.1) is 10.1 Å². The van der Waals surface area contributed by atoms with Crippen LogP contribution in [0.3, 0.4) is 0 Å². The Morgan fingerprint density at radius 1 is 1.26 bits per heavy atom. The van der Waals surface area contributed by atoms with Gasteiger partial charge in [0.05, 0.1) is 4.92 Å². The lowest BCUT2D eigenvalue weighted by Crippen LogP contribution is -2.05. The van der Waals surface area contributed by atoms with Crippen molar-refractivity contribution in [2.45, 2.75) is 6.92 Å². The summed E-state index contributed by atoms with van der Waals surface area (Å²) in [4.78, 5) is 20.8. The van der Waals surface area contributed by atoms with Crippen LogP contribution in [-0.2, 0) is 4.79 Å². The molecule has 0 bridgehead atoms. The predicted molar refractivity (Wildman–Crippen MR) is 67.0 cm³/mol. The van der Waals surface area contributed by atoms with Crippen LogP contribution in [0.5, 0.6) is 5.95 Å². The van der Waals surface area contributed by atoms with Crippen molar-refractivity contribution >= 4 is 11.5 Å². The second-order valence-corrected chi connectivity index (χ2v) is 3.91. The summed E-state index contributed by atoms with van der Waals surface area (Å²) in [5.41, 5.74) is 0.714. The average molecular weight is 261 g/mol. The second kappa shape index (κ2) is 5.34. The fourth-order valence-corrected chi connectivity index (χ4v) is 1.47. The Balaban J connectivity index is 2.13. The highest BCUT2D eigenvalue weighted by Gasteiger charge is 2.09. The van der Waals surface area contributed by atoms with Crippen molar-refractivity contribution in [3.63, 3.8) is 0 Å². The normalized spacial score (nSPS) is 10.2. The number of nitro groups is 1. The third kappa shape index (κ3) is 3.19. The van der Waals surface area contributed by atoms with Crippen LogP contribution in [0.1, 0.15) is 6.92 Å². The van der Waals surface area contributed by atoms with Crippen LogP contribution in [0.25, 0.3) is 11.3 Å². The van der Waals surface area contributed by atoms with Crippen LogP contribution < -0.4 is 4.74 Å². The number of non-ortho nitro benzene ring substituents is 1. The molecule has 0 radical (unpaired) electrons. The Bertz CT molecular complexity index is 600. The number of ketones is 1. The highest BCUT2D eigenvalue weighted by Crippen LogP contribution is 2.27. The van der Waals surface area contributed by atoms with Gasteiger partial charge in [0.25, 0.3) is 11.6 Å². The smallest absolute Gasteiger partial charge is 0.285 e. The Morgan fingerprint density at radius 2 is 1.95 bits per heavy atom. The summed E-state index contributed by atoms with van der Waals surface area (Å²) in [6, 6.07) is 9.25. The maximum absolute atomic E-state index is 10.8. The third-order valence-corrected chi connectivity index (χ3v) is 2.36. The van der Waals surface area contributed by atoms with Crippen LogP contribution in [0.4, 0.5) is 5.69 Å². The number of furan rings is 1. The first-order valence-corrected chi connectivity index (χ1v) is 5.53. The number of carbonyl (C=O) groups excluding carboxylic acids is 1. The maximum Gasteiger partial charge on any atom is 0.285 e. The number of carbonyl (C=O) groups is 1. The number of ether oxygens (including phenoxy) is 1. The lowest BCUT2D eigenvalue weighted by Gasteiger charge is -1.99. The predicted octanol–water partition coefficient (Wildman–Crippen LogP) is 2.82. The van der Waals surface area contributed by atoms with E-state index in [1.807, 2.05) is 0 Å². The van der Waals surface area contributed by atoms with E-state index in [0.29, 0.717) is 11.3 Å². The minimum absolute atomic E-state index is 0.0170. The van der Waals surface area contributed by atoms with Gasteiger partial charge < -0.3 is 9.15 Å². The molecule has 0 saturated heterocycles. The number of rotatable bonds is 5. The standard InChI is InChI=1S/C13H11NO5/c1-9(15)8-18-13-7-6-12(19-13)10-2-4-11(5-3-10)14(16)17/h2-7H,8H2,1H3. The number of benzene rings is 1. The molecule has 0 fully saturated rings. The van der Waals surface area contributed by atoms with E-state index in [1.54, 1.807) is 24.3 Å². The molecule has 0 aliphatic heterocycles. The molecular weight excluding hydrogens is 250 g/mol. The Morgan fingerprint density at radius 3 is 2.53 bits per heavy atom. The van der Waals surface area contributed by atoms with Gasteiger partial charge in [0.15, 0.2) is 5.78 Å². The van der Waals surface area contributed by atoms with Gasteiger partial charge in [-0.3, -0.25) is 14.9 Å². The maximum atomic E-state index is 10.8. The monoisotopic (exact) mass is 261 g/mol. The molecule has 0 spiro atoms. The van der Waals surface area contributed by atoms with Gasteiger partial charge in [-0.15, -0.1) is 0 Å². The van der Waals surface area contributed by atoms with Crippen LogP contribution >= 0.6 is 0 Å². The molecule has 98 valence electrons. The summed E-state index contributed by atoms with van der Waals surface area (Å²) in [5.74, 6) is 0.658. The van der Waals surface area contributed by atoms with Gasteiger partial charge in [-0.25, -0.2) is 0 Å². The Kier molecular flexibility index (Phi) is 3.61. The second-order valence-electron chi connectivity index (χ2n) is 3.91. The quantitative estimate of drug-likeness (QED) is 0.610. The largest absolute Gasteiger partial charge is 0.457 e. The number of nitro benzene ring substituents is 1. The molecule has 1 aromatic carbocycles. The summed E-state index contributed by atoms with van der Waals surface area (Å²) >= 11 is 0. The molecule has 0 unspecified atom stereocenters. The summed E-state index contributed by atoms with van der Waals surface area (Å²) in [5, 5.41) is 10.5. The lowest BCUT2D eigenvalue weighted by molar-refractivity contribution is -0.384. The van der Waals surface area contributed by atoms with Crippen molar-refractivity contribution in [1.29, 1.82) is 0 Å². The topological polar surface area (TPSA) is 82.6 Å². The molecule has 1 heterocycles. The SMILES string of the molecule is CC(=O)COc1ccc(-c2ccc([N+](=O)[O-])cc2)o1.